The lowest BCUT2D eigenvalue weighted by atomic mass is 10.1. The van der Waals surface area contributed by atoms with E-state index in [-0.39, 0.29) is 17.9 Å². The summed E-state index contributed by atoms with van der Waals surface area (Å²) in [6.07, 6.45) is 5.46. The number of aromatic nitrogens is 2. The molecule has 0 aliphatic heterocycles. The normalized spacial score (nSPS) is 13.2. The minimum atomic E-state index is -0.314. The lowest BCUT2D eigenvalue weighted by Crippen LogP contribution is -2.25. The van der Waals surface area contributed by atoms with Crippen LogP contribution in [0.2, 0.25) is 0 Å². The Hall–Kier alpha value is -3.13. The molecule has 1 aromatic carbocycles. The monoisotopic (exact) mass is 422 g/mol. The van der Waals surface area contributed by atoms with Gasteiger partial charge in [0.05, 0.1) is 17.5 Å². The lowest BCUT2D eigenvalue weighted by molar-refractivity contribution is 0.0949. The van der Waals surface area contributed by atoms with Crippen LogP contribution in [0.1, 0.15) is 44.8 Å². The van der Waals surface area contributed by atoms with E-state index in [1.54, 1.807) is 37.5 Å². The maximum absolute atomic E-state index is 13.1. The lowest BCUT2D eigenvalue weighted by Gasteiger charge is -2.14. The highest BCUT2D eigenvalue weighted by Crippen LogP contribution is 2.27. The third-order valence-corrected chi connectivity index (χ3v) is 5.56. The fraction of sp³-hybridized carbons (Fsp3) is 0.273. The van der Waals surface area contributed by atoms with Gasteiger partial charge in [-0.1, -0.05) is 6.07 Å². The van der Waals surface area contributed by atoms with Gasteiger partial charge in [0.1, 0.15) is 5.03 Å². The van der Waals surface area contributed by atoms with Crippen LogP contribution in [-0.4, -0.2) is 34.1 Å². The van der Waals surface area contributed by atoms with E-state index >= 15 is 0 Å². The molecule has 0 saturated heterocycles. The number of rotatable bonds is 6. The zero-order valence-electron chi connectivity index (χ0n) is 17.0. The summed E-state index contributed by atoms with van der Waals surface area (Å²) >= 11 is 1.37. The van der Waals surface area contributed by atoms with Gasteiger partial charge in [-0.05, 0) is 62.8 Å². The molecule has 1 aliphatic carbocycles. The molecule has 0 unspecified atom stereocenters. The first-order chi connectivity index (χ1) is 14.5. The maximum Gasteiger partial charge on any atom is 0.260 e. The van der Waals surface area contributed by atoms with Crippen molar-refractivity contribution in [1.82, 2.24) is 15.3 Å². The number of nitrogens with one attached hydrogen (secondary N) is 2. The molecule has 1 saturated carbocycles. The number of amides is 2. The molecule has 30 heavy (non-hydrogen) atoms. The second-order valence-corrected chi connectivity index (χ2v) is 8.02. The van der Waals surface area contributed by atoms with Gasteiger partial charge in [-0.3, -0.25) is 9.59 Å². The SMILES string of the molecule is CSc1nc(-c2ccco2)nc(C)c1C(=O)Nc1cc(C(=O)NC2CC2)ccc1C. The number of hydrogen-bond donors (Lipinski definition) is 2. The number of anilines is 1. The second kappa shape index (κ2) is 8.31. The van der Waals surface area contributed by atoms with Gasteiger partial charge in [0, 0.05) is 17.3 Å². The molecule has 0 atom stereocenters. The first kappa shape index (κ1) is 20.2. The Morgan fingerprint density at radius 2 is 1.93 bits per heavy atom. The number of nitrogens with zero attached hydrogens (tertiary/aromatic N) is 2. The van der Waals surface area contributed by atoms with Crippen LogP contribution in [0.25, 0.3) is 11.6 Å². The zero-order chi connectivity index (χ0) is 21.3. The molecule has 4 rings (SSSR count). The molecule has 0 bridgehead atoms. The van der Waals surface area contributed by atoms with Crippen molar-refractivity contribution in [3.8, 4) is 11.6 Å². The fourth-order valence-electron chi connectivity index (χ4n) is 3.05. The largest absolute Gasteiger partial charge is 0.461 e. The topological polar surface area (TPSA) is 97.1 Å². The van der Waals surface area contributed by atoms with Gasteiger partial charge in [-0.15, -0.1) is 11.8 Å². The van der Waals surface area contributed by atoms with Crippen molar-refractivity contribution in [2.75, 3.05) is 11.6 Å². The van der Waals surface area contributed by atoms with Crippen LogP contribution in [0.3, 0.4) is 0 Å². The quantitative estimate of drug-likeness (QED) is 0.456. The van der Waals surface area contributed by atoms with Gasteiger partial charge >= 0.3 is 0 Å². The number of aryl methyl sites for hydroxylation is 2. The zero-order valence-corrected chi connectivity index (χ0v) is 17.8. The van der Waals surface area contributed by atoms with Gasteiger partial charge in [0.25, 0.3) is 11.8 Å². The van der Waals surface area contributed by atoms with Crippen LogP contribution in [-0.2, 0) is 0 Å². The summed E-state index contributed by atoms with van der Waals surface area (Å²) in [5.41, 5.74) is 2.94. The van der Waals surface area contributed by atoms with E-state index in [1.165, 1.54) is 11.8 Å². The summed E-state index contributed by atoms with van der Waals surface area (Å²) in [5.74, 6) is 0.546. The molecule has 0 spiro atoms. The summed E-state index contributed by atoms with van der Waals surface area (Å²) in [6, 6.07) is 9.12. The third-order valence-electron chi connectivity index (χ3n) is 4.88. The van der Waals surface area contributed by atoms with Crippen molar-refractivity contribution in [2.24, 2.45) is 0 Å². The minimum Gasteiger partial charge on any atom is -0.461 e. The van der Waals surface area contributed by atoms with E-state index < -0.39 is 0 Å². The fourth-order valence-corrected chi connectivity index (χ4v) is 3.67. The Balaban J connectivity index is 1.61. The molecule has 1 fully saturated rings. The Morgan fingerprint density at radius 3 is 2.60 bits per heavy atom. The van der Waals surface area contributed by atoms with Crippen LogP contribution in [0, 0.1) is 13.8 Å². The van der Waals surface area contributed by atoms with Crippen LogP contribution in [0.15, 0.2) is 46.0 Å². The average molecular weight is 423 g/mol. The van der Waals surface area contributed by atoms with Crippen molar-refractivity contribution < 1.29 is 14.0 Å². The molecule has 2 heterocycles. The van der Waals surface area contributed by atoms with E-state index in [0.29, 0.717) is 39.1 Å². The van der Waals surface area contributed by atoms with E-state index in [9.17, 15) is 9.59 Å². The number of thioether (sulfide) groups is 1. The molecular formula is C22H22N4O3S. The maximum atomic E-state index is 13.1. The molecule has 0 radical (unpaired) electrons. The highest BCUT2D eigenvalue weighted by Gasteiger charge is 2.24. The van der Waals surface area contributed by atoms with Gasteiger partial charge in [0.2, 0.25) is 0 Å². The molecule has 2 aromatic heterocycles. The smallest absolute Gasteiger partial charge is 0.260 e. The van der Waals surface area contributed by atoms with E-state index in [0.717, 1.165) is 18.4 Å². The Labute approximate surface area is 178 Å². The van der Waals surface area contributed by atoms with E-state index in [4.69, 9.17) is 4.42 Å². The van der Waals surface area contributed by atoms with Crippen molar-refractivity contribution >= 4 is 29.3 Å². The van der Waals surface area contributed by atoms with Crippen LogP contribution in [0.4, 0.5) is 5.69 Å². The first-order valence-electron chi connectivity index (χ1n) is 9.65. The molecule has 8 heteroatoms. The van der Waals surface area contributed by atoms with Gasteiger partial charge in [-0.25, -0.2) is 9.97 Å². The summed E-state index contributed by atoms with van der Waals surface area (Å²) in [5, 5.41) is 6.45. The molecule has 2 N–H and O–H groups in total. The number of furan rings is 1. The number of benzene rings is 1. The molecule has 7 nitrogen and oxygen atoms in total. The summed E-state index contributed by atoms with van der Waals surface area (Å²) < 4.78 is 5.38. The Morgan fingerprint density at radius 1 is 1.13 bits per heavy atom. The standard InChI is InChI=1S/C22H22N4O3S/c1-12-6-7-14(20(27)24-15-8-9-15)11-16(12)25-21(28)18-13(2)23-19(26-22(18)30-3)17-5-4-10-29-17/h4-7,10-11,15H,8-9H2,1-3H3,(H,24,27)(H,25,28). The minimum absolute atomic E-state index is 0.125. The molecule has 154 valence electrons. The van der Waals surface area contributed by atoms with E-state index in [2.05, 4.69) is 20.6 Å². The average Bonchev–Trinajstić information content (AvgIpc) is 3.36. The van der Waals surface area contributed by atoms with Crippen molar-refractivity contribution in [2.45, 2.75) is 37.8 Å². The van der Waals surface area contributed by atoms with Gasteiger partial charge < -0.3 is 15.1 Å². The Kier molecular flexibility index (Phi) is 5.59. The van der Waals surface area contributed by atoms with Crippen molar-refractivity contribution in [3.63, 3.8) is 0 Å². The third kappa shape index (κ3) is 4.23. The highest BCUT2D eigenvalue weighted by atomic mass is 32.2. The van der Waals surface area contributed by atoms with Crippen LogP contribution in [0.5, 0.6) is 0 Å². The second-order valence-electron chi connectivity index (χ2n) is 7.23. The summed E-state index contributed by atoms with van der Waals surface area (Å²) in [7, 11) is 0. The number of carbonyl (C=O) groups excluding carboxylic acids is 2. The number of hydrogen-bond acceptors (Lipinski definition) is 6. The predicted octanol–water partition coefficient (Wildman–Crippen LogP) is 4.22. The van der Waals surface area contributed by atoms with Gasteiger partial charge in [0.15, 0.2) is 11.6 Å². The molecular weight excluding hydrogens is 400 g/mol. The van der Waals surface area contributed by atoms with Crippen LogP contribution >= 0.6 is 11.8 Å². The molecule has 2 amide bonds. The van der Waals surface area contributed by atoms with Crippen molar-refractivity contribution in [1.29, 1.82) is 0 Å². The number of carbonyl (C=O) groups is 2. The van der Waals surface area contributed by atoms with Crippen molar-refractivity contribution in [3.05, 3.63) is 59.0 Å². The van der Waals surface area contributed by atoms with Crippen LogP contribution < -0.4 is 10.6 Å². The molecule has 1 aliphatic rings. The first-order valence-corrected chi connectivity index (χ1v) is 10.9. The predicted molar refractivity (Wildman–Crippen MR) is 116 cm³/mol. The summed E-state index contributed by atoms with van der Waals surface area (Å²) in [4.78, 5) is 34.4. The Bertz CT molecular complexity index is 1110. The highest BCUT2D eigenvalue weighted by molar-refractivity contribution is 7.98. The van der Waals surface area contributed by atoms with Gasteiger partial charge in [-0.2, -0.15) is 0 Å². The molecule has 3 aromatic rings. The summed E-state index contributed by atoms with van der Waals surface area (Å²) in [6.45, 7) is 3.66. The van der Waals surface area contributed by atoms with E-state index in [1.807, 2.05) is 19.2 Å².